The van der Waals surface area contributed by atoms with Crippen LogP contribution in [-0.2, 0) is 5.41 Å². The largest absolute Gasteiger partial charge is 0.264 e. The lowest BCUT2D eigenvalue weighted by atomic mass is 9.80. The zero-order chi connectivity index (χ0) is 9.90. The Morgan fingerprint density at radius 1 is 1.62 bits per heavy atom. The first-order chi connectivity index (χ1) is 6.14. The van der Waals surface area contributed by atoms with Crippen molar-refractivity contribution >= 4 is 0 Å². The van der Waals surface area contributed by atoms with E-state index in [9.17, 15) is 0 Å². The maximum Gasteiger partial charge on any atom is 0.0795 e. The van der Waals surface area contributed by atoms with Gasteiger partial charge in [0.15, 0.2) is 0 Å². The molecular formula is C11H14N2. The van der Waals surface area contributed by atoms with Gasteiger partial charge in [-0.15, -0.1) is 0 Å². The van der Waals surface area contributed by atoms with Crippen molar-refractivity contribution in [1.29, 1.82) is 5.26 Å². The van der Waals surface area contributed by atoms with Crippen molar-refractivity contribution in [3.05, 3.63) is 29.6 Å². The molecule has 0 N–H and O–H groups in total. The van der Waals surface area contributed by atoms with Crippen molar-refractivity contribution < 1.29 is 0 Å². The van der Waals surface area contributed by atoms with Gasteiger partial charge in [-0.3, -0.25) is 4.98 Å². The average Bonchev–Trinajstić information content (AvgIpc) is 2.17. The third-order valence-corrected chi connectivity index (χ3v) is 2.57. The van der Waals surface area contributed by atoms with Crippen LogP contribution in [0.5, 0.6) is 0 Å². The molecule has 0 radical (unpaired) electrons. The van der Waals surface area contributed by atoms with Crippen LogP contribution in [0.2, 0.25) is 0 Å². The summed E-state index contributed by atoms with van der Waals surface area (Å²) in [7, 11) is 0. The number of nitriles is 1. The number of nitrogens with zero attached hydrogens (tertiary/aromatic N) is 2. The van der Waals surface area contributed by atoms with Crippen LogP contribution in [0.3, 0.4) is 0 Å². The summed E-state index contributed by atoms with van der Waals surface area (Å²) < 4.78 is 0. The maximum absolute atomic E-state index is 9.09. The van der Waals surface area contributed by atoms with Gasteiger partial charge in [0.2, 0.25) is 0 Å². The lowest BCUT2D eigenvalue weighted by molar-refractivity contribution is 0.582. The van der Waals surface area contributed by atoms with Crippen molar-refractivity contribution in [2.45, 2.75) is 32.6 Å². The highest BCUT2D eigenvalue weighted by molar-refractivity contribution is 5.35. The number of hydrogen-bond donors (Lipinski definition) is 0. The predicted molar refractivity (Wildman–Crippen MR) is 52.2 cm³/mol. The van der Waals surface area contributed by atoms with E-state index in [2.05, 4.69) is 11.1 Å². The second kappa shape index (κ2) is 3.57. The van der Waals surface area contributed by atoms with Crippen LogP contribution in [0.1, 0.15) is 31.4 Å². The van der Waals surface area contributed by atoms with Gasteiger partial charge in [0.05, 0.1) is 11.5 Å². The minimum absolute atomic E-state index is 0.368. The molecule has 13 heavy (non-hydrogen) atoms. The zero-order valence-electron chi connectivity index (χ0n) is 8.33. The molecule has 1 unspecified atom stereocenters. The van der Waals surface area contributed by atoms with E-state index in [-0.39, 0.29) is 5.41 Å². The molecule has 1 aromatic heterocycles. The molecule has 0 aliphatic heterocycles. The molecule has 0 saturated heterocycles. The normalized spacial score (nSPS) is 14.6. The van der Waals surface area contributed by atoms with Gasteiger partial charge < -0.3 is 0 Å². The monoisotopic (exact) mass is 174 g/mol. The van der Waals surface area contributed by atoms with E-state index in [1.165, 1.54) is 0 Å². The zero-order valence-corrected chi connectivity index (χ0v) is 8.33. The van der Waals surface area contributed by atoms with E-state index in [1.54, 1.807) is 12.4 Å². The topological polar surface area (TPSA) is 36.7 Å². The Labute approximate surface area is 79.2 Å². The Balaban J connectivity index is 3.22. The average molecular weight is 174 g/mol. The summed E-state index contributed by atoms with van der Waals surface area (Å²) in [6.45, 7) is 5.99. The summed E-state index contributed by atoms with van der Waals surface area (Å²) in [5, 5.41) is 9.09. The number of aromatic nitrogens is 1. The first-order valence-electron chi connectivity index (χ1n) is 4.46. The van der Waals surface area contributed by atoms with Crippen LogP contribution in [0.4, 0.5) is 0 Å². The van der Waals surface area contributed by atoms with E-state index in [0.29, 0.717) is 0 Å². The minimum atomic E-state index is -0.368. The molecular weight excluding hydrogens is 160 g/mol. The Morgan fingerprint density at radius 3 is 2.77 bits per heavy atom. The lowest BCUT2D eigenvalue weighted by Gasteiger charge is -2.21. The van der Waals surface area contributed by atoms with Gasteiger partial charge in [0.1, 0.15) is 0 Å². The minimum Gasteiger partial charge on any atom is -0.264 e. The number of aryl methyl sites for hydroxylation is 1. The second-order valence-corrected chi connectivity index (χ2v) is 3.49. The molecule has 0 aliphatic carbocycles. The maximum atomic E-state index is 9.09. The van der Waals surface area contributed by atoms with Gasteiger partial charge in [-0.2, -0.15) is 5.26 Å². The fraction of sp³-hybridized carbons (Fsp3) is 0.455. The Bertz CT molecular complexity index is 338. The molecule has 2 heteroatoms. The summed E-state index contributed by atoms with van der Waals surface area (Å²) >= 11 is 0. The molecule has 68 valence electrons. The molecule has 1 atom stereocenters. The third-order valence-electron chi connectivity index (χ3n) is 2.57. The highest BCUT2D eigenvalue weighted by Gasteiger charge is 2.25. The van der Waals surface area contributed by atoms with Gasteiger partial charge in [-0.25, -0.2) is 0 Å². The van der Waals surface area contributed by atoms with E-state index in [0.717, 1.165) is 17.5 Å². The highest BCUT2D eigenvalue weighted by atomic mass is 14.6. The van der Waals surface area contributed by atoms with Crippen molar-refractivity contribution in [1.82, 2.24) is 4.98 Å². The lowest BCUT2D eigenvalue weighted by Crippen LogP contribution is -2.19. The summed E-state index contributed by atoms with van der Waals surface area (Å²) in [5.41, 5.74) is 1.81. The van der Waals surface area contributed by atoms with Gasteiger partial charge in [0, 0.05) is 12.4 Å². The molecule has 0 bridgehead atoms. The van der Waals surface area contributed by atoms with Crippen LogP contribution < -0.4 is 0 Å². The molecule has 1 rings (SSSR count). The van der Waals surface area contributed by atoms with Crippen molar-refractivity contribution in [2.24, 2.45) is 0 Å². The Morgan fingerprint density at radius 2 is 2.31 bits per heavy atom. The molecule has 1 heterocycles. The van der Waals surface area contributed by atoms with E-state index in [1.807, 2.05) is 26.8 Å². The van der Waals surface area contributed by atoms with Crippen LogP contribution in [0, 0.1) is 18.3 Å². The second-order valence-electron chi connectivity index (χ2n) is 3.49. The fourth-order valence-electron chi connectivity index (χ4n) is 1.42. The van der Waals surface area contributed by atoms with Crippen LogP contribution in [-0.4, -0.2) is 4.98 Å². The van der Waals surface area contributed by atoms with E-state index in [4.69, 9.17) is 5.26 Å². The number of pyridine rings is 1. The van der Waals surface area contributed by atoms with Gasteiger partial charge in [-0.1, -0.05) is 6.92 Å². The van der Waals surface area contributed by atoms with Crippen molar-refractivity contribution in [2.75, 3.05) is 0 Å². The van der Waals surface area contributed by atoms with E-state index < -0.39 is 0 Å². The molecule has 2 nitrogen and oxygen atoms in total. The number of rotatable bonds is 2. The van der Waals surface area contributed by atoms with Gasteiger partial charge >= 0.3 is 0 Å². The molecule has 1 aromatic rings. The summed E-state index contributed by atoms with van der Waals surface area (Å²) in [6, 6.07) is 4.29. The molecule has 0 fully saturated rings. The quantitative estimate of drug-likeness (QED) is 0.691. The smallest absolute Gasteiger partial charge is 0.0795 e. The predicted octanol–water partition coefficient (Wildman–Crippen LogP) is 2.58. The molecule has 0 amide bonds. The summed E-state index contributed by atoms with van der Waals surface area (Å²) in [6.07, 6.45) is 4.38. The van der Waals surface area contributed by atoms with Crippen LogP contribution in [0.15, 0.2) is 18.5 Å². The highest BCUT2D eigenvalue weighted by Crippen LogP contribution is 2.28. The third kappa shape index (κ3) is 1.70. The molecule has 0 spiro atoms. The first kappa shape index (κ1) is 9.73. The summed E-state index contributed by atoms with van der Waals surface area (Å²) in [4.78, 5) is 4.02. The standard InChI is InChI=1S/C11H14N2/c1-4-11(3,8-12)10-5-6-13-7-9(10)2/h5-7H,4H2,1-3H3. The molecule has 0 saturated carbocycles. The SMILES string of the molecule is CCC(C)(C#N)c1ccncc1C. The van der Waals surface area contributed by atoms with E-state index >= 15 is 0 Å². The number of hydrogen-bond acceptors (Lipinski definition) is 2. The van der Waals surface area contributed by atoms with Crippen LogP contribution in [0.25, 0.3) is 0 Å². The fourth-order valence-corrected chi connectivity index (χ4v) is 1.42. The van der Waals surface area contributed by atoms with Gasteiger partial charge in [0.25, 0.3) is 0 Å². The van der Waals surface area contributed by atoms with Gasteiger partial charge in [-0.05, 0) is 37.5 Å². The first-order valence-corrected chi connectivity index (χ1v) is 4.46. The van der Waals surface area contributed by atoms with Crippen molar-refractivity contribution in [3.8, 4) is 6.07 Å². The Kier molecular flexibility index (Phi) is 2.67. The molecule has 0 aromatic carbocycles. The molecule has 0 aliphatic rings. The Hall–Kier alpha value is -1.36. The van der Waals surface area contributed by atoms with Crippen molar-refractivity contribution in [3.63, 3.8) is 0 Å². The summed E-state index contributed by atoms with van der Waals surface area (Å²) in [5.74, 6) is 0. The van der Waals surface area contributed by atoms with Crippen LogP contribution >= 0.6 is 0 Å².